The molecule has 1 aliphatic heterocycles. The maximum atomic E-state index is 4.74. The topological polar surface area (TPSA) is 37.3 Å². The number of aliphatic imine (C=N–C) groups is 1. The third kappa shape index (κ3) is 2.59. The lowest BCUT2D eigenvalue weighted by Crippen LogP contribution is -2.12. The van der Waals surface area contributed by atoms with Crippen molar-refractivity contribution in [2.24, 2.45) is 10.9 Å². The molecule has 98 valence electrons. The van der Waals surface area contributed by atoms with Crippen LogP contribution in [0.1, 0.15) is 13.8 Å². The van der Waals surface area contributed by atoms with Crippen LogP contribution in [0.15, 0.2) is 41.7 Å². The molecule has 19 heavy (non-hydrogen) atoms. The van der Waals surface area contributed by atoms with Crippen molar-refractivity contribution in [2.75, 3.05) is 11.1 Å². The number of rotatable bonds is 2. The van der Waals surface area contributed by atoms with Gasteiger partial charge in [-0.1, -0.05) is 37.7 Å². The Morgan fingerprint density at radius 3 is 3.00 bits per heavy atom. The number of amidine groups is 1. The van der Waals surface area contributed by atoms with E-state index in [9.17, 15) is 0 Å². The summed E-state index contributed by atoms with van der Waals surface area (Å²) < 4.78 is 0. The molecule has 1 atom stereocenters. The van der Waals surface area contributed by atoms with Crippen molar-refractivity contribution >= 4 is 33.4 Å². The highest BCUT2D eigenvalue weighted by molar-refractivity contribution is 8.14. The first-order chi connectivity index (χ1) is 9.24. The molecule has 2 heterocycles. The fraction of sp³-hybridized carbons (Fsp3) is 0.333. The summed E-state index contributed by atoms with van der Waals surface area (Å²) in [6.07, 6.45) is 3.72. The number of fused-ring (bicyclic) bond motifs is 1. The fourth-order valence-electron chi connectivity index (χ4n) is 2.14. The molecule has 4 heteroatoms. The average molecular weight is 271 g/mol. The third-order valence-electron chi connectivity index (χ3n) is 3.37. The van der Waals surface area contributed by atoms with Crippen molar-refractivity contribution in [3.63, 3.8) is 0 Å². The van der Waals surface area contributed by atoms with E-state index in [4.69, 9.17) is 4.99 Å². The standard InChI is InChI=1S/C15H17N3S/c1-10(2)14-9-19-15(18-14)17-13-5-3-4-11-6-7-16-8-12(11)13/h3-8,10,14H,9H2,1-2H3,(H,17,18)/t14-/m1/s1. The summed E-state index contributed by atoms with van der Waals surface area (Å²) in [6, 6.07) is 8.70. The molecular weight excluding hydrogens is 254 g/mol. The van der Waals surface area contributed by atoms with Gasteiger partial charge in [-0.2, -0.15) is 0 Å². The van der Waals surface area contributed by atoms with E-state index < -0.39 is 0 Å². The summed E-state index contributed by atoms with van der Waals surface area (Å²) in [5.74, 6) is 1.67. The molecule has 1 aromatic heterocycles. The van der Waals surface area contributed by atoms with Gasteiger partial charge in [0, 0.05) is 29.2 Å². The zero-order valence-electron chi connectivity index (χ0n) is 11.1. The Hall–Kier alpha value is -1.55. The second-order valence-corrected chi connectivity index (χ2v) is 6.09. The van der Waals surface area contributed by atoms with Crippen LogP contribution in [0.5, 0.6) is 0 Å². The van der Waals surface area contributed by atoms with Gasteiger partial charge in [0.05, 0.1) is 6.04 Å². The Labute approximate surface area is 117 Å². The van der Waals surface area contributed by atoms with Crippen LogP contribution >= 0.6 is 11.8 Å². The first kappa shape index (κ1) is 12.5. The largest absolute Gasteiger partial charge is 0.334 e. The van der Waals surface area contributed by atoms with Gasteiger partial charge in [-0.05, 0) is 23.4 Å². The lowest BCUT2D eigenvalue weighted by atomic mass is 10.1. The number of benzene rings is 1. The van der Waals surface area contributed by atoms with Gasteiger partial charge in [-0.15, -0.1) is 0 Å². The summed E-state index contributed by atoms with van der Waals surface area (Å²) in [5, 5.41) is 6.80. The van der Waals surface area contributed by atoms with Crippen LogP contribution in [0, 0.1) is 5.92 Å². The molecular formula is C15H17N3S. The molecule has 0 unspecified atom stereocenters. The molecule has 2 aromatic rings. The average Bonchev–Trinajstić information content (AvgIpc) is 2.88. The zero-order valence-corrected chi connectivity index (χ0v) is 11.9. The van der Waals surface area contributed by atoms with E-state index in [1.807, 2.05) is 18.5 Å². The SMILES string of the molecule is CC(C)[C@H]1CSC(Nc2cccc3ccncc23)=N1. The maximum Gasteiger partial charge on any atom is 0.161 e. The molecule has 0 saturated heterocycles. The van der Waals surface area contributed by atoms with Crippen LogP contribution in [0.3, 0.4) is 0 Å². The summed E-state index contributed by atoms with van der Waals surface area (Å²) in [7, 11) is 0. The van der Waals surface area contributed by atoms with Crippen LogP contribution in [0.25, 0.3) is 10.8 Å². The summed E-state index contributed by atoms with van der Waals surface area (Å²) >= 11 is 1.80. The molecule has 3 nitrogen and oxygen atoms in total. The van der Waals surface area contributed by atoms with Crippen LogP contribution in [0.2, 0.25) is 0 Å². The molecule has 0 bridgehead atoms. The van der Waals surface area contributed by atoms with E-state index in [0.717, 1.165) is 22.0 Å². The van der Waals surface area contributed by atoms with Gasteiger partial charge in [0.25, 0.3) is 0 Å². The molecule has 3 rings (SSSR count). The molecule has 1 aliphatic rings. The molecule has 1 aromatic carbocycles. The number of hydrogen-bond acceptors (Lipinski definition) is 4. The third-order valence-corrected chi connectivity index (χ3v) is 4.36. The van der Waals surface area contributed by atoms with Crippen LogP contribution < -0.4 is 5.32 Å². The smallest absolute Gasteiger partial charge is 0.161 e. The van der Waals surface area contributed by atoms with Crippen molar-refractivity contribution in [3.05, 3.63) is 36.7 Å². The Kier molecular flexibility index (Phi) is 3.42. The number of nitrogens with zero attached hydrogens (tertiary/aromatic N) is 2. The van der Waals surface area contributed by atoms with Crippen molar-refractivity contribution in [1.29, 1.82) is 0 Å². The second kappa shape index (κ2) is 5.21. The number of nitrogens with one attached hydrogen (secondary N) is 1. The van der Waals surface area contributed by atoms with Crippen LogP contribution in [-0.4, -0.2) is 21.9 Å². The number of thioether (sulfide) groups is 1. The Bertz CT molecular complexity index is 616. The monoisotopic (exact) mass is 271 g/mol. The highest BCUT2D eigenvalue weighted by Crippen LogP contribution is 2.27. The predicted octanol–water partition coefficient (Wildman–Crippen LogP) is 3.77. The van der Waals surface area contributed by atoms with Crippen molar-refractivity contribution < 1.29 is 0 Å². The Balaban J connectivity index is 1.88. The predicted molar refractivity (Wildman–Crippen MR) is 83.9 cm³/mol. The van der Waals surface area contributed by atoms with Crippen LogP contribution in [-0.2, 0) is 0 Å². The Morgan fingerprint density at radius 2 is 2.21 bits per heavy atom. The van der Waals surface area contributed by atoms with Crippen molar-refractivity contribution in [3.8, 4) is 0 Å². The summed E-state index contributed by atoms with van der Waals surface area (Å²) in [4.78, 5) is 8.94. The van der Waals surface area contributed by atoms with Crippen molar-refractivity contribution in [2.45, 2.75) is 19.9 Å². The van der Waals surface area contributed by atoms with Gasteiger partial charge in [0.1, 0.15) is 0 Å². The lowest BCUT2D eigenvalue weighted by molar-refractivity contribution is 0.543. The molecule has 0 saturated carbocycles. The highest BCUT2D eigenvalue weighted by Gasteiger charge is 2.21. The zero-order chi connectivity index (χ0) is 13.2. The van der Waals surface area contributed by atoms with E-state index in [0.29, 0.717) is 12.0 Å². The number of hydrogen-bond donors (Lipinski definition) is 1. The van der Waals surface area contributed by atoms with E-state index in [-0.39, 0.29) is 0 Å². The van der Waals surface area contributed by atoms with Gasteiger partial charge in [-0.3, -0.25) is 9.98 Å². The highest BCUT2D eigenvalue weighted by atomic mass is 32.2. The molecule has 0 fully saturated rings. The first-order valence-corrected chi connectivity index (χ1v) is 7.53. The molecule has 0 radical (unpaired) electrons. The fourth-order valence-corrected chi connectivity index (χ4v) is 3.32. The minimum absolute atomic E-state index is 0.431. The van der Waals surface area contributed by atoms with Gasteiger partial charge in [0.15, 0.2) is 5.17 Å². The summed E-state index contributed by atoms with van der Waals surface area (Å²) in [6.45, 7) is 4.44. The molecule has 0 aliphatic carbocycles. The van der Waals surface area contributed by atoms with E-state index in [1.165, 1.54) is 5.39 Å². The van der Waals surface area contributed by atoms with E-state index >= 15 is 0 Å². The number of anilines is 1. The lowest BCUT2D eigenvalue weighted by Gasteiger charge is -2.09. The second-order valence-electron chi connectivity index (χ2n) is 5.08. The quantitative estimate of drug-likeness (QED) is 0.903. The molecule has 0 amide bonds. The van der Waals surface area contributed by atoms with E-state index in [1.54, 1.807) is 11.8 Å². The van der Waals surface area contributed by atoms with E-state index in [2.05, 4.69) is 42.3 Å². The van der Waals surface area contributed by atoms with Gasteiger partial charge >= 0.3 is 0 Å². The normalized spacial score (nSPS) is 18.9. The minimum Gasteiger partial charge on any atom is -0.334 e. The molecule has 1 N–H and O–H groups in total. The van der Waals surface area contributed by atoms with Crippen molar-refractivity contribution in [1.82, 2.24) is 4.98 Å². The number of pyridine rings is 1. The van der Waals surface area contributed by atoms with Gasteiger partial charge < -0.3 is 5.32 Å². The maximum absolute atomic E-state index is 4.74. The van der Waals surface area contributed by atoms with Gasteiger partial charge in [0.2, 0.25) is 0 Å². The molecule has 0 spiro atoms. The minimum atomic E-state index is 0.431. The summed E-state index contributed by atoms with van der Waals surface area (Å²) in [5.41, 5.74) is 1.08. The van der Waals surface area contributed by atoms with Gasteiger partial charge in [-0.25, -0.2) is 0 Å². The number of aromatic nitrogens is 1. The Morgan fingerprint density at radius 1 is 1.32 bits per heavy atom. The van der Waals surface area contributed by atoms with Crippen LogP contribution in [0.4, 0.5) is 5.69 Å². The first-order valence-electron chi connectivity index (χ1n) is 6.54.